The van der Waals surface area contributed by atoms with E-state index in [4.69, 9.17) is 14.0 Å². The van der Waals surface area contributed by atoms with E-state index in [1.807, 2.05) is 30.3 Å². The third-order valence-corrected chi connectivity index (χ3v) is 7.65. The maximum absolute atomic E-state index is 13.0. The van der Waals surface area contributed by atoms with Gasteiger partial charge in [0.15, 0.2) is 5.82 Å². The molecule has 0 atom stereocenters. The first-order chi connectivity index (χ1) is 17.9. The Hall–Kier alpha value is -4.57. The minimum Gasteiger partial charge on any atom is -0.495 e. The van der Waals surface area contributed by atoms with Gasteiger partial charge in [-0.05, 0) is 47.5 Å². The third kappa shape index (κ3) is 4.01. The summed E-state index contributed by atoms with van der Waals surface area (Å²) in [6, 6.07) is 20.6. The third-order valence-electron chi connectivity index (χ3n) is 6.30. The SMILES string of the molecule is COc1cc(-c2cccc3c2OCC3)ccc1-n1c(=O)ccc2cc(S(=O)(=O)Nc3ccon3)ccc21. The van der Waals surface area contributed by atoms with Gasteiger partial charge in [-0.3, -0.25) is 14.1 Å². The lowest BCUT2D eigenvalue weighted by molar-refractivity contribution is 0.358. The number of sulfonamides is 1. The summed E-state index contributed by atoms with van der Waals surface area (Å²) < 4.78 is 45.8. The first kappa shape index (κ1) is 22.9. The molecule has 6 rings (SSSR count). The molecule has 37 heavy (non-hydrogen) atoms. The van der Waals surface area contributed by atoms with Gasteiger partial charge in [0, 0.05) is 29.5 Å². The van der Waals surface area contributed by atoms with Gasteiger partial charge < -0.3 is 14.0 Å². The molecule has 1 aliphatic heterocycles. The molecular formula is C27H21N3O6S. The second-order valence-electron chi connectivity index (χ2n) is 8.50. The predicted molar refractivity (Wildman–Crippen MR) is 138 cm³/mol. The van der Waals surface area contributed by atoms with Crippen LogP contribution in [-0.4, -0.2) is 31.9 Å². The van der Waals surface area contributed by atoms with Crippen molar-refractivity contribution < 1.29 is 22.4 Å². The fraction of sp³-hybridized carbons (Fsp3) is 0.111. The van der Waals surface area contributed by atoms with E-state index in [-0.39, 0.29) is 16.3 Å². The molecule has 1 aliphatic rings. The van der Waals surface area contributed by atoms with Crippen molar-refractivity contribution in [3.63, 3.8) is 0 Å². The highest BCUT2D eigenvalue weighted by Crippen LogP contribution is 2.39. The molecule has 0 spiro atoms. The van der Waals surface area contributed by atoms with Crippen molar-refractivity contribution in [2.45, 2.75) is 11.3 Å². The number of ether oxygens (including phenoxy) is 2. The summed E-state index contributed by atoms with van der Waals surface area (Å²) >= 11 is 0. The maximum Gasteiger partial charge on any atom is 0.263 e. The topological polar surface area (TPSA) is 113 Å². The van der Waals surface area contributed by atoms with Crippen LogP contribution in [0.3, 0.4) is 0 Å². The van der Waals surface area contributed by atoms with Crippen LogP contribution in [-0.2, 0) is 16.4 Å². The van der Waals surface area contributed by atoms with E-state index in [1.165, 1.54) is 35.1 Å². The number of nitrogens with one attached hydrogen (secondary N) is 1. The van der Waals surface area contributed by atoms with Crippen LogP contribution in [0.4, 0.5) is 5.82 Å². The van der Waals surface area contributed by atoms with Gasteiger partial charge in [-0.15, -0.1) is 0 Å². The van der Waals surface area contributed by atoms with Gasteiger partial charge in [0.2, 0.25) is 0 Å². The van der Waals surface area contributed by atoms with E-state index in [2.05, 4.69) is 15.9 Å². The van der Waals surface area contributed by atoms with Gasteiger partial charge in [0.25, 0.3) is 15.6 Å². The number of hydrogen-bond donors (Lipinski definition) is 1. The molecule has 0 saturated heterocycles. The summed E-state index contributed by atoms with van der Waals surface area (Å²) in [6.07, 6.45) is 2.14. The van der Waals surface area contributed by atoms with E-state index in [0.29, 0.717) is 28.9 Å². The Kier molecular flexibility index (Phi) is 5.45. The highest BCUT2D eigenvalue weighted by Gasteiger charge is 2.20. The van der Waals surface area contributed by atoms with Crippen LogP contribution in [0.25, 0.3) is 27.7 Å². The molecule has 3 aromatic carbocycles. The van der Waals surface area contributed by atoms with Crippen molar-refractivity contribution in [3.05, 3.63) is 95.0 Å². The molecule has 0 bridgehead atoms. The van der Waals surface area contributed by atoms with Crippen LogP contribution in [0.2, 0.25) is 0 Å². The highest BCUT2D eigenvalue weighted by molar-refractivity contribution is 7.92. The van der Waals surface area contributed by atoms with Crippen molar-refractivity contribution >= 4 is 26.7 Å². The first-order valence-electron chi connectivity index (χ1n) is 11.5. The summed E-state index contributed by atoms with van der Waals surface area (Å²) in [5, 5.41) is 4.15. The van der Waals surface area contributed by atoms with Crippen molar-refractivity contribution in [1.29, 1.82) is 0 Å². The first-order valence-corrected chi connectivity index (χ1v) is 13.0. The number of para-hydroxylation sites is 1. The van der Waals surface area contributed by atoms with Gasteiger partial charge in [-0.25, -0.2) is 8.42 Å². The van der Waals surface area contributed by atoms with E-state index in [0.717, 1.165) is 28.9 Å². The molecule has 0 saturated carbocycles. The van der Waals surface area contributed by atoms with Crippen LogP contribution in [0.15, 0.2) is 93.3 Å². The van der Waals surface area contributed by atoms with Crippen molar-refractivity contribution in [1.82, 2.24) is 9.72 Å². The molecule has 186 valence electrons. The smallest absolute Gasteiger partial charge is 0.263 e. The lowest BCUT2D eigenvalue weighted by Gasteiger charge is -2.16. The number of aromatic nitrogens is 2. The standard InChI is InChI=1S/C27H21N3O6S/c1-34-24-16-18(21-4-2-3-17-11-13-35-27(17)21)5-8-23(24)30-22-9-7-20(15-19(22)6-10-26(30)31)37(32,33)29-25-12-14-36-28-25/h2-10,12,14-16H,11,13H2,1H3,(H,28,29). The lowest BCUT2D eigenvalue weighted by atomic mass is 10.0. The van der Waals surface area contributed by atoms with Gasteiger partial charge in [0.05, 0.1) is 29.8 Å². The van der Waals surface area contributed by atoms with Gasteiger partial charge in [-0.1, -0.05) is 29.4 Å². The maximum atomic E-state index is 13.0. The summed E-state index contributed by atoms with van der Waals surface area (Å²) in [7, 11) is -2.37. The van der Waals surface area contributed by atoms with Gasteiger partial charge in [-0.2, -0.15) is 0 Å². The summed E-state index contributed by atoms with van der Waals surface area (Å²) in [4.78, 5) is 13.1. The fourth-order valence-electron chi connectivity index (χ4n) is 4.57. The molecule has 9 nitrogen and oxygen atoms in total. The van der Waals surface area contributed by atoms with Crippen LogP contribution in [0.1, 0.15) is 5.56 Å². The molecule has 2 aromatic heterocycles. The van der Waals surface area contributed by atoms with E-state index in [9.17, 15) is 13.2 Å². The summed E-state index contributed by atoms with van der Waals surface area (Å²) in [5.41, 5.74) is 3.81. The Morgan fingerprint density at radius 1 is 1.03 bits per heavy atom. The highest BCUT2D eigenvalue weighted by atomic mass is 32.2. The van der Waals surface area contributed by atoms with Crippen molar-refractivity contribution in [3.8, 4) is 28.3 Å². The number of hydrogen-bond acceptors (Lipinski definition) is 7. The Morgan fingerprint density at radius 2 is 1.92 bits per heavy atom. The largest absolute Gasteiger partial charge is 0.495 e. The molecule has 0 radical (unpaired) electrons. The predicted octanol–water partition coefficient (Wildman–Crippen LogP) is 4.39. The van der Waals surface area contributed by atoms with Crippen LogP contribution < -0.4 is 19.8 Å². The van der Waals surface area contributed by atoms with Crippen LogP contribution >= 0.6 is 0 Å². The number of rotatable bonds is 6. The molecule has 0 fully saturated rings. The molecule has 0 aliphatic carbocycles. The Labute approximate surface area is 211 Å². The van der Waals surface area contributed by atoms with Gasteiger partial charge in [0.1, 0.15) is 17.8 Å². The zero-order chi connectivity index (χ0) is 25.6. The molecule has 0 amide bonds. The number of pyridine rings is 1. The molecule has 3 heterocycles. The molecule has 0 unspecified atom stereocenters. The zero-order valence-corrected chi connectivity index (χ0v) is 20.5. The second kappa shape index (κ2) is 8.82. The molecule has 1 N–H and O–H groups in total. The van der Waals surface area contributed by atoms with Gasteiger partial charge >= 0.3 is 0 Å². The number of nitrogens with zero attached hydrogens (tertiary/aromatic N) is 2. The fourth-order valence-corrected chi connectivity index (χ4v) is 5.60. The van der Waals surface area contributed by atoms with E-state index in [1.54, 1.807) is 19.2 Å². The Bertz CT molecular complexity index is 1810. The van der Waals surface area contributed by atoms with E-state index < -0.39 is 10.0 Å². The van der Waals surface area contributed by atoms with E-state index >= 15 is 0 Å². The van der Waals surface area contributed by atoms with Crippen molar-refractivity contribution in [2.75, 3.05) is 18.4 Å². The molecular weight excluding hydrogens is 494 g/mol. The minimum absolute atomic E-state index is 0.0217. The van der Waals surface area contributed by atoms with Crippen molar-refractivity contribution in [2.24, 2.45) is 0 Å². The number of methoxy groups -OCH3 is 1. The Balaban J connectivity index is 1.45. The van der Waals surface area contributed by atoms with Crippen LogP contribution in [0, 0.1) is 0 Å². The average Bonchev–Trinajstić information content (AvgIpc) is 3.60. The lowest BCUT2D eigenvalue weighted by Crippen LogP contribution is -2.18. The molecule has 5 aromatic rings. The second-order valence-corrected chi connectivity index (χ2v) is 10.2. The minimum atomic E-state index is -3.91. The number of anilines is 1. The Morgan fingerprint density at radius 3 is 2.73 bits per heavy atom. The summed E-state index contributed by atoms with van der Waals surface area (Å²) in [6.45, 7) is 0.652. The van der Waals surface area contributed by atoms with Crippen LogP contribution in [0.5, 0.6) is 11.5 Å². The zero-order valence-electron chi connectivity index (χ0n) is 19.7. The average molecular weight is 516 g/mol. The number of fused-ring (bicyclic) bond motifs is 2. The summed E-state index contributed by atoms with van der Waals surface area (Å²) in [5.74, 6) is 1.43. The normalized spacial score (nSPS) is 12.8. The quantitative estimate of drug-likeness (QED) is 0.357. The molecule has 10 heteroatoms. The monoisotopic (exact) mass is 515 g/mol. The number of benzene rings is 3.